The predicted octanol–water partition coefficient (Wildman–Crippen LogP) is 1.69. The van der Waals surface area contributed by atoms with E-state index in [4.69, 9.17) is 11.5 Å². The Morgan fingerprint density at radius 3 is 2.67 bits per heavy atom. The van der Waals surface area contributed by atoms with Crippen LogP contribution in [0.1, 0.15) is 0 Å². The quantitative estimate of drug-likeness (QED) is 0.521. The Morgan fingerprint density at radius 1 is 1.50 bits per heavy atom. The third-order valence-corrected chi connectivity index (χ3v) is 2.09. The summed E-state index contributed by atoms with van der Waals surface area (Å²) < 4.78 is 0.857. The minimum atomic E-state index is 0.233. The number of nitrogens with one attached hydrogen (secondary N) is 1. The highest BCUT2D eigenvalue weighted by atomic mass is 79.9. The van der Waals surface area contributed by atoms with Crippen molar-refractivity contribution in [2.75, 3.05) is 11.1 Å². The highest BCUT2D eigenvalue weighted by molar-refractivity contribution is 9.10. The molecule has 0 spiro atoms. The molecule has 0 fully saturated rings. The fraction of sp³-hybridized carbons (Fsp3) is 0. The smallest absolute Gasteiger partial charge is 0.168 e. The normalized spacial score (nSPS) is 9.42. The van der Waals surface area contributed by atoms with E-state index in [0.29, 0.717) is 5.69 Å². The fourth-order valence-electron chi connectivity index (χ4n) is 0.764. The predicted molar refractivity (Wildman–Crippen MR) is 59.0 cm³/mol. The Hall–Kier alpha value is -0.810. The maximum atomic E-state index is 5.63. The largest absolute Gasteiger partial charge is 0.398 e. The second-order valence-electron chi connectivity index (χ2n) is 2.23. The van der Waals surface area contributed by atoms with Crippen molar-refractivity contribution in [2.24, 2.45) is 5.73 Å². The zero-order valence-electron chi connectivity index (χ0n) is 6.17. The molecule has 0 aliphatic heterocycles. The van der Waals surface area contributed by atoms with Crippen LogP contribution in [0.5, 0.6) is 0 Å². The standard InChI is InChI=1S/C7H8BrN3S/c8-5-2-1-4(3-6(5)9)11-7(10)12/h1-3H,9H2,(H3,10,11,12). The second-order valence-corrected chi connectivity index (χ2v) is 3.52. The van der Waals surface area contributed by atoms with Crippen molar-refractivity contribution in [2.45, 2.75) is 0 Å². The number of anilines is 2. The van der Waals surface area contributed by atoms with E-state index >= 15 is 0 Å². The summed E-state index contributed by atoms with van der Waals surface area (Å²) in [6.45, 7) is 0. The molecule has 0 aliphatic carbocycles. The maximum absolute atomic E-state index is 5.63. The van der Waals surface area contributed by atoms with Gasteiger partial charge in [-0.3, -0.25) is 0 Å². The van der Waals surface area contributed by atoms with Crippen LogP contribution in [-0.4, -0.2) is 5.11 Å². The maximum Gasteiger partial charge on any atom is 0.168 e. The number of nitrogen functional groups attached to an aromatic ring is 1. The monoisotopic (exact) mass is 245 g/mol. The molecule has 0 unspecified atom stereocenters. The summed E-state index contributed by atoms with van der Waals surface area (Å²) in [4.78, 5) is 0. The minimum absolute atomic E-state index is 0.233. The lowest BCUT2D eigenvalue weighted by Gasteiger charge is -2.05. The highest BCUT2D eigenvalue weighted by Gasteiger charge is 1.97. The van der Waals surface area contributed by atoms with E-state index in [1.54, 1.807) is 6.07 Å². The van der Waals surface area contributed by atoms with Gasteiger partial charge in [0.05, 0.1) is 0 Å². The zero-order valence-corrected chi connectivity index (χ0v) is 8.58. The van der Waals surface area contributed by atoms with E-state index in [1.165, 1.54) is 0 Å². The number of rotatable bonds is 1. The van der Waals surface area contributed by atoms with Crippen LogP contribution in [0, 0.1) is 0 Å². The molecule has 1 rings (SSSR count). The molecule has 5 N–H and O–H groups in total. The first-order valence-electron chi connectivity index (χ1n) is 3.21. The first-order valence-corrected chi connectivity index (χ1v) is 4.41. The van der Waals surface area contributed by atoms with E-state index in [1.807, 2.05) is 12.1 Å². The van der Waals surface area contributed by atoms with Gasteiger partial charge >= 0.3 is 0 Å². The van der Waals surface area contributed by atoms with E-state index in [9.17, 15) is 0 Å². The summed E-state index contributed by atoms with van der Waals surface area (Å²) in [6, 6.07) is 5.42. The molecule has 0 saturated carbocycles. The van der Waals surface area contributed by atoms with Gasteiger partial charge < -0.3 is 16.8 Å². The lowest BCUT2D eigenvalue weighted by Crippen LogP contribution is -2.18. The van der Waals surface area contributed by atoms with E-state index in [-0.39, 0.29) is 5.11 Å². The molecule has 0 bridgehead atoms. The Balaban J connectivity index is 2.89. The highest BCUT2D eigenvalue weighted by Crippen LogP contribution is 2.22. The van der Waals surface area contributed by atoms with E-state index in [2.05, 4.69) is 33.5 Å². The second kappa shape index (κ2) is 3.73. The van der Waals surface area contributed by atoms with Gasteiger partial charge in [-0.25, -0.2) is 0 Å². The molecule has 3 nitrogen and oxygen atoms in total. The topological polar surface area (TPSA) is 64.1 Å². The molecule has 0 heterocycles. The van der Waals surface area contributed by atoms with Crippen LogP contribution in [0.25, 0.3) is 0 Å². The molecule has 12 heavy (non-hydrogen) atoms. The SMILES string of the molecule is NC(=S)Nc1ccc(Br)c(N)c1. The molecule has 0 saturated heterocycles. The Kier molecular flexibility index (Phi) is 2.88. The first kappa shape index (κ1) is 9.28. The van der Waals surface area contributed by atoms with Gasteiger partial charge in [-0.1, -0.05) is 0 Å². The Morgan fingerprint density at radius 2 is 2.17 bits per heavy atom. The van der Waals surface area contributed by atoms with Gasteiger partial charge in [-0.2, -0.15) is 0 Å². The number of hydrogen-bond donors (Lipinski definition) is 3. The summed E-state index contributed by atoms with van der Waals surface area (Å²) in [5, 5.41) is 3.01. The molecule has 5 heteroatoms. The van der Waals surface area contributed by atoms with Gasteiger partial charge in [0.2, 0.25) is 0 Å². The van der Waals surface area contributed by atoms with Gasteiger partial charge in [-0.05, 0) is 46.3 Å². The van der Waals surface area contributed by atoms with E-state index < -0.39 is 0 Å². The summed E-state index contributed by atoms with van der Waals surface area (Å²) >= 11 is 7.95. The van der Waals surface area contributed by atoms with Crippen molar-refractivity contribution in [1.29, 1.82) is 0 Å². The minimum Gasteiger partial charge on any atom is -0.398 e. The first-order chi connectivity index (χ1) is 5.59. The molecular weight excluding hydrogens is 238 g/mol. The zero-order chi connectivity index (χ0) is 9.14. The van der Waals surface area contributed by atoms with Crippen molar-refractivity contribution < 1.29 is 0 Å². The molecule has 0 amide bonds. The molecule has 0 aromatic heterocycles. The number of thiocarbonyl (C=S) groups is 1. The Bertz CT molecular complexity index is 314. The van der Waals surface area contributed by atoms with E-state index in [0.717, 1.165) is 10.2 Å². The van der Waals surface area contributed by atoms with Crippen molar-refractivity contribution in [1.82, 2.24) is 0 Å². The van der Waals surface area contributed by atoms with Crippen LogP contribution in [0.15, 0.2) is 22.7 Å². The lowest BCUT2D eigenvalue weighted by molar-refractivity contribution is 1.58. The summed E-state index contributed by atoms with van der Waals surface area (Å²) in [5.41, 5.74) is 12.3. The van der Waals surface area contributed by atoms with Crippen LogP contribution in [-0.2, 0) is 0 Å². The number of hydrogen-bond acceptors (Lipinski definition) is 2. The van der Waals surface area contributed by atoms with Crippen molar-refractivity contribution >= 4 is 44.6 Å². The van der Waals surface area contributed by atoms with Gasteiger partial charge in [0.25, 0.3) is 0 Å². The van der Waals surface area contributed by atoms with Gasteiger partial charge in [0.15, 0.2) is 5.11 Å². The van der Waals surface area contributed by atoms with Gasteiger partial charge in [0.1, 0.15) is 0 Å². The summed E-state index contributed by atoms with van der Waals surface area (Å²) in [6.07, 6.45) is 0. The Labute approximate surface area is 84.3 Å². The summed E-state index contributed by atoms with van der Waals surface area (Å²) in [5.74, 6) is 0. The molecule has 0 atom stereocenters. The van der Waals surface area contributed by atoms with Crippen molar-refractivity contribution in [3.05, 3.63) is 22.7 Å². The number of benzene rings is 1. The average Bonchev–Trinajstić information content (AvgIpc) is 1.96. The van der Waals surface area contributed by atoms with Crippen LogP contribution in [0.4, 0.5) is 11.4 Å². The average molecular weight is 246 g/mol. The third kappa shape index (κ3) is 2.35. The summed E-state index contributed by atoms with van der Waals surface area (Å²) in [7, 11) is 0. The third-order valence-electron chi connectivity index (χ3n) is 1.26. The van der Waals surface area contributed by atoms with Crippen molar-refractivity contribution in [3.63, 3.8) is 0 Å². The van der Waals surface area contributed by atoms with Crippen LogP contribution in [0.3, 0.4) is 0 Å². The van der Waals surface area contributed by atoms with Crippen molar-refractivity contribution in [3.8, 4) is 0 Å². The molecule has 1 aromatic rings. The number of halogens is 1. The molecule has 0 radical (unpaired) electrons. The number of nitrogens with two attached hydrogens (primary N) is 2. The van der Waals surface area contributed by atoms with Gasteiger partial charge in [0, 0.05) is 15.8 Å². The molecular formula is C7H8BrN3S. The van der Waals surface area contributed by atoms with Crippen LogP contribution in [0.2, 0.25) is 0 Å². The fourth-order valence-corrected chi connectivity index (χ4v) is 1.13. The molecule has 64 valence electrons. The van der Waals surface area contributed by atoms with Gasteiger partial charge in [-0.15, -0.1) is 0 Å². The van der Waals surface area contributed by atoms with Crippen LogP contribution >= 0.6 is 28.1 Å². The molecule has 0 aliphatic rings. The lowest BCUT2D eigenvalue weighted by atomic mass is 10.3. The molecule has 1 aromatic carbocycles. The van der Waals surface area contributed by atoms with Crippen LogP contribution < -0.4 is 16.8 Å².